The summed E-state index contributed by atoms with van der Waals surface area (Å²) in [5.74, 6) is -2.73. The molecule has 0 radical (unpaired) electrons. The van der Waals surface area contributed by atoms with E-state index in [4.69, 9.17) is 21.4 Å². The number of carboxylic acid groups (broad SMARTS) is 2. The number of carbonyl (C=O) groups excluding carboxylic acids is 1. The van der Waals surface area contributed by atoms with E-state index in [1.807, 2.05) is 44.2 Å². The molecule has 1 heterocycles. The number of thiophene rings is 1. The highest BCUT2D eigenvalue weighted by molar-refractivity contribution is 7.18. The van der Waals surface area contributed by atoms with E-state index in [1.54, 1.807) is 29.2 Å². The van der Waals surface area contributed by atoms with Crippen LogP contribution in [0.4, 0.5) is 10.5 Å². The number of hydrogen-bond donors (Lipinski definition) is 3. The summed E-state index contributed by atoms with van der Waals surface area (Å²) in [6, 6.07) is 16.1. The Bertz CT molecular complexity index is 1200. The highest BCUT2D eigenvalue weighted by atomic mass is 35.5. The maximum atomic E-state index is 13.0. The summed E-state index contributed by atoms with van der Waals surface area (Å²) in [4.78, 5) is 37.4. The van der Waals surface area contributed by atoms with Crippen LogP contribution in [-0.4, -0.2) is 40.8 Å². The molecule has 2 amide bonds. The molecule has 0 bridgehead atoms. The maximum absolute atomic E-state index is 13.0. The molecular formula is C24H23ClN2O6S. The zero-order valence-corrected chi connectivity index (χ0v) is 20.0. The fraction of sp³-hybridized carbons (Fsp3) is 0.208. The van der Waals surface area contributed by atoms with Gasteiger partial charge in [-0.1, -0.05) is 54.1 Å². The van der Waals surface area contributed by atoms with Crippen LogP contribution in [0.25, 0.3) is 10.4 Å². The van der Waals surface area contributed by atoms with Crippen molar-refractivity contribution in [2.75, 3.05) is 11.5 Å². The van der Waals surface area contributed by atoms with E-state index in [9.17, 15) is 19.5 Å². The summed E-state index contributed by atoms with van der Waals surface area (Å²) >= 11 is 7.29. The van der Waals surface area contributed by atoms with Gasteiger partial charge in [-0.3, -0.25) is 4.90 Å². The fourth-order valence-corrected chi connectivity index (χ4v) is 4.57. The number of carboxylic acids is 2. The lowest BCUT2D eigenvalue weighted by atomic mass is 10.1. The number of aromatic carboxylic acids is 1. The molecule has 1 aromatic heterocycles. The Balaban J connectivity index is 2.03. The van der Waals surface area contributed by atoms with E-state index in [2.05, 4.69) is 5.32 Å². The highest BCUT2D eigenvalue weighted by Gasteiger charge is 2.25. The predicted octanol–water partition coefficient (Wildman–Crippen LogP) is 5.35. The standard InChI is InChI=1S/C24H23ClN2O6S/c1-14(2)26-24(32)27(12-15-7-4-3-5-8-15)17-10-6-9-16(11-17)21-19(25)20(33-13-18(28)29)22(34-21)23(30)31/h3-11,14H,12-13H2,1-2H3,(H,26,32)(H,28,29)(H,30,31). The van der Waals surface area contributed by atoms with Crippen LogP contribution >= 0.6 is 22.9 Å². The first kappa shape index (κ1) is 25.1. The number of aliphatic carboxylic acids is 1. The Morgan fingerprint density at radius 2 is 1.79 bits per heavy atom. The van der Waals surface area contributed by atoms with Gasteiger partial charge in [-0.15, -0.1) is 11.3 Å². The largest absolute Gasteiger partial charge is 0.479 e. The molecule has 178 valence electrons. The quantitative estimate of drug-likeness (QED) is 0.363. The third-order valence-electron chi connectivity index (χ3n) is 4.60. The Morgan fingerprint density at radius 1 is 1.09 bits per heavy atom. The molecule has 8 nitrogen and oxygen atoms in total. The van der Waals surface area contributed by atoms with E-state index >= 15 is 0 Å². The van der Waals surface area contributed by atoms with Crippen LogP contribution < -0.4 is 15.0 Å². The van der Waals surface area contributed by atoms with Gasteiger partial charge in [0.1, 0.15) is 5.02 Å². The predicted molar refractivity (Wildman–Crippen MR) is 131 cm³/mol. The molecule has 0 aliphatic carbocycles. The van der Waals surface area contributed by atoms with Crippen LogP contribution in [0.15, 0.2) is 54.6 Å². The second-order valence-electron chi connectivity index (χ2n) is 7.62. The van der Waals surface area contributed by atoms with Crippen LogP contribution in [0.5, 0.6) is 5.75 Å². The number of ether oxygens (including phenoxy) is 1. The molecule has 0 unspecified atom stereocenters. The Morgan fingerprint density at radius 3 is 2.41 bits per heavy atom. The maximum Gasteiger partial charge on any atom is 0.349 e. The Kier molecular flexibility index (Phi) is 8.14. The van der Waals surface area contributed by atoms with Crippen LogP contribution in [0.1, 0.15) is 29.1 Å². The first-order valence-electron chi connectivity index (χ1n) is 10.3. The minimum Gasteiger partial charge on any atom is -0.479 e. The number of amides is 2. The number of carbonyl (C=O) groups is 3. The topological polar surface area (TPSA) is 116 Å². The SMILES string of the molecule is CC(C)NC(=O)N(Cc1ccccc1)c1cccc(-c2sc(C(=O)O)c(OCC(=O)O)c2Cl)c1. The molecule has 0 saturated heterocycles. The van der Waals surface area contributed by atoms with Crippen LogP contribution in [0.2, 0.25) is 5.02 Å². The molecule has 0 atom stereocenters. The smallest absolute Gasteiger partial charge is 0.349 e. The van der Waals surface area contributed by atoms with Gasteiger partial charge >= 0.3 is 18.0 Å². The number of urea groups is 1. The molecular weight excluding hydrogens is 480 g/mol. The van der Waals surface area contributed by atoms with Crippen LogP contribution in [0, 0.1) is 0 Å². The molecule has 0 aliphatic heterocycles. The van der Waals surface area contributed by atoms with Crippen molar-refractivity contribution < 1.29 is 29.3 Å². The lowest BCUT2D eigenvalue weighted by Gasteiger charge is -2.25. The first-order valence-corrected chi connectivity index (χ1v) is 11.5. The normalized spacial score (nSPS) is 10.7. The summed E-state index contributed by atoms with van der Waals surface area (Å²) in [7, 11) is 0. The molecule has 10 heteroatoms. The summed E-state index contributed by atoms with van der Waals surface area (Å²) in [6.45, 7) is 3.32. The van der Waals surface area contributed by atoms with Crippen molar-refractivity contribution in [3.05, 3.63) is 70.1 Å². The lowest BCUT2D eigenvalue weighted by Crippen LogP contribution is -2.42. The van der Waals surface area contributed by atoms with Gasteiger partial charge in [0.2, 0.25) is 0 Å². The van der Waals surface area contributed by atoms with Crippen LogP contribution in [-0.2, 0) is 11.3 Å². The number of rotatable bonds is 9. The lowest BCUT2D eigenvalue weighted by molar-refractivity contribution is -0.139. The second-order valence-corrected chi connectivity index (χ2v) is 9.02. The van der Waals surface area contributed by atoms with Crippen molar-refractivity contribution >= 4 is 46.6 Å². The summed E-state index contributed by atoms with van der Waals surface area (Å²) in [5.41, 5.74) is 2.07. The van der Waals surface area contributed by atoms with Crippen molar-refractivity contribution in [2.45, 2.75) is 26.4 Å². The third-order valence-corrected chi connectivity index (χ3v) is 6.28. The van der Waals surface area contributed by atoms with E-state index in [0.717, 1.165) is 16.9 Å². The van der Waals surface area contributed by atoms with Gasteiger partial charge in [0.15, 0.2) is 17.2 Å². The third kappa shape index (κ3) is 6.06. The minimum atomic E-state index is -1.28. The van der Waals surface area contributed by atoms with Gasteiger partial charge in [-0.05, 0) is 37.1 Å². The molecule has 0 fully saturated rings. The van der Waals surface area contributed by atoms with Crippen molar-refractivity contribution in [1.29, 1.82) is 0 Å². The monoisotopic (exact) mass is 502 g/mol. The van der Waals surface area contributed by atoms with Crippen molar-refractivity contribution in [3.63, 3.8) is 0 Å². The number of benzene rings is 2. The van der Waals surface area contributed by atoms with Gasteiger partial charge in [-0.2, -0.15) is 0 Å². The van der Waals surface area contributed by atoms with Crippen LogP contribution in [0.3, 0.4) is 0 Å². The van der Waals surface area contributed by atoms with Gasteiger partial charge in [-0.25, -0.2) is 14.4 Å². The molecule has 34 heavy (non-hydrogen) atoms. The summed E-state index contributed by atoms with van der Waals surface area (Å²) in [5, 5.41) is 21.3. The number of nitrogens with zero attached hydrogens (tertiary/aromatic N) is 1. The Labute approximate surface area is 205 Å². The number of nitrogens with one attached hydrogen (secondary N) is 1. The van der Waals surface area contributed by atoms with E-state index in [-0.39, 0.29) is 27.7 Å². The first-order chi connectivity index (χ1) is 16.2. The Hall–Kier alpha value is -3.56. The summed E-state index contributed by atoms with van der Waals surface area (Å²) < 4.78 is 5.16. The zero-order valence-electron chi connectivity index (χ0n) is 18.4. The number of anilines is 1. The molecule has 2 aromatic carbocycles. The molecule has 3 rings (SSSR count). The van der Waals surface area contributed by atoms with Gasteiger partial charge < -0.3 is 20.3 Å². The number of halogens is 1. The number of hydrogen-bond acceptors (Lipinski definition) is 5. The second kappa shape index (κ2) is 11.0. The van der Waals surface area contributed by atoms with E-state index in [1.165, 1.54) is 0 Å². The zero-order chi connectivity index (χ0) is 24.8. The molecule has 0 saturated carbocycles. The van der Waals surface area contributed by atoms with E-state index < -0.39 is 18.5 Å². The van der Waals surface area contributed by atoms with Gasteiger partial charge in [0.25, 0.3) is 0 Å². The summed E-state index contributed by atoms with van der Waals surface area (Å²) in [6.07, 6.45) is 0. The molecule has 3 N–H and O–H groups in total. The van der Waals surface area contributed by atoms with Crippen molar-refractivity contribution in [3.8, 4) is 16.2 Å². The van der Waals surface area contributed by atoms with Gasteiger partial charge in [0, 0.05) is 11.7 Å². The molecule has 3 aromatic rings. The van der Waals surface area contributed by atoms with Crippen molar-refractivity contribution in [1.82, 2.24) is 5.32 Å². The van der Waals surface area contributed by atoms with E-state index in [0.29, 0.717) is 22.7 Å². The molecule has 0 aliphatic rings. The van der Waals surface area contributed by atoms with Gasteiger partial charge in [0.05, 0.1) is 11.4 Å². The molecule has 0 spiro atoms. The average molecular weight is 503 g/mol. The fourth-order valence-electron chi connectivity index (χ4n) is 3.17. The highest BCUT2D eigenvalue weighted by Crippen LogP contribution is 2.46. The minimum absolute atomic E-state index is 0.00189. The van der Waals surface area contributed by atoms with Crippen molar-refractivity contribution in [2.24, 2.45) is 0 Å². The average Bonchev–Trinajstić information content (AvgIpc) is 3.12.